The van der Waals surface area contributed by atoms with E-state index >= 15 is 0 Å². The van der Waals surface area contributed by atoms with Crippen LogP contribution in [0.2, 0.25) is 0 Å². The Bertz CT molecular complexity index is 558. The Morgan fingerprint density at radius 1 is 1.08 bits per heavy atom. The lowest BCUT2D eigenvalue weighted by Crippen LogP contribution is -2.53. The van der Waals surface area contributed by atoms with Crippen LogP contribution in [0.1, 0.15) is 38.1 Å². The first-order chi connectivity index (χ1) is 11.4. The number of amides is 3. The molecule has 1 rings (SSSR count). The van der Waals surface area contributed by atoms with E-state index < -0.39 is 6.04 Å². The van der Waals surface area contributed by atoms with Crippen molar-refractivity contribution in [3.05, 3.63) is 35.9 Å². The van der Waals surface area contributed by atoms with Gasteiger partial charge in [0.15, 0.2) is 0 Å². The van der Waals surface area contributed by atoms with Gasteiger partial charge in [-0.2, -0.15) is 0 Å². The standard InChI is InChI=1S/C18H27N3O3/c1-5-19-15(22)12-21(6-2)18(24)16(13(3)4)20-17(23)14-10-8-7-9-11-14/h7-11,13,16H,5-6,12H2,1-4H3,(H,19,22)(H,20,23). The molecule has 6 heteroatoms. The van der Waals surface area contributed by atoms with Crippen LogP contribution in [0, 0.1) is 5.92 Å². The molecule has 2 N–H and O–H groups in total. The second-order valence-corrected chi connectivity index (χ2v) is 5.87. The summed E-state index contributed by atoms with van der Waals surface area (Å²) in [7, 11) is 0. The first kappa shape index (κ1) is 19.7. The van der Waals surface area contributed by atoms with Gasteiger partial charge in [-0.3, -0.25) is 14.4 Å². The minimum atomic E-state index is -0.674. The predicted molar refractivity (Wildman–Crippen MR) is 93.5 cm³/mol. The van der Waals surface area contributed by atoms with Gasteiger partial charge in [-0.1, -0.05) is 32.0 Å². The molecule has 3 amide bonds. The molecule has 0 bridgehead atoms. The Morgan fingerprint density at radius 2 is 1.71 bits per heavy atom. The second kappa shape index (κ2) is 9.70. The maximum Gasteiger partial charge on any atom is 0.251 e. The second-order valence-electron chi connectivity index (χ2n) is 5.87. The van der Waals surface area contributed by atoms with E-state index in [-0.39, 0.29) is 30.2 Å². The van der Waals surface area contributed by atoms with E-state index in [1.54, 1.807) is 24.3 Å². The molecule has 0 saturated heterocycles. The number of hydrogen-bond acceptors (Lipinski definition) is 3. The van der Waals surface area contributed by atoms with Crippen molar-refractivity contribution in [1.29, 1.82) is 0 Å². The zero-order valence-corrected chi connectivity index (χ0v) is 14.8. The molecule has 132 valence electrons. The highest BCUT2D eigenvalue weighted by molar-refractivity contribution is 5.98. The highest BCUT2D eigenvalue weighted by atomic mass is 16.2. The summed E-state index contributed by atoms with van der Waals surface area (Å²) in [4.78, 5) is 38.3. The number of rotatable bonds is 8. The maximum atomic E-state index is 12.8. The van der Waals surface area contributed by atoms with E-state index in [1.807, 2.05) is 33.8 Å². The van der Waals surface area contributed by atoms with Crippen LogP contribution < -0.4 is 10.6 Å². The van der Waals surface area contributed by atoms with Crippen LogP contribution in [0.4, 0.5) is 0 Å². The summed E-state index contributed by atoms with van der Waals surface area (Å²) < 4.78 is 0. The van der Waals surface area contributed by atoms with Gasteiger partial charge in [0.25, 0.3) is 5.91 Å². The number of hydrogen-bond donors (Lipinski definition) is 2. The Morgan fingerprint density at radius 3 is 2.21 bits per heavy atom. The summed E-state index contributed by atoms with van der Waals surface area (Å²) in [5.41, 5.74) is 0.503. The van der Waals surface area contributed by atoms with E-state index in [0.29, 0.717) is 18.7 Å². The Hall–Kier alpha value is -2.37. The van der Waals surface area contributed by atoms with E-state index in [4.69, 9.17) is 0 Å². The first-order valence-corrected chi connectivity index (χ1v) is 8.32. The highest BCUT2D eigenvalue weighted by Gasteiger charge is 2.29. The zero-order chi connectivity index (χ0) is 18.1. The number of nitrogens with one attached hydrogen (secondary N) is 2. The van der Waals surface area contributed by atoms with Gasteiger partial charge in [-0.15, -0.1) is 0 Å². The molecule has 0 aliphatic rings. The molecule has 1 aromatic carbocycles. The molecular formula is C18H27N3O3. The third-order valence-electron chi connectivity index (χ3n) is 3.66. The van der Waals surface area contributed by atoms with Crippen LogP contribution in [0.15, 0.2) is 30.3 Å². The van der Waals surface area contributed by atoms with Gasteiger partial charge >= 0.3 is 0 Å². The zero-order valence-electron chi connectivity index (χ0n) is 14.8. The number of likely N-dealkylation sites (N-methyl/N-ethyl adjacent to an activating group) is 2. The molecule has 6 nitrogen and oxygen atoms in total. The minimum Gasteiger partial charge on any atom is -0.355 e. The van der Waals surface area contributed by atoms with Crippen LogP contribution in [0.3, 0.4) is 0 Å². The summed E-state index contributed by atoms with van der Waals surface area (Å²) in [5.74, 6) is -0.835. The number of carbonyl (C=O) groups excluding carboxylic acids is 3. The molecule has 24 heavy (non-hydrogen) atoms. The molecule has 1 unspecified atom stereocenters. The van der Waals surface area contributed by atoms with Crippen LogP contribution >= 0.6 is 0 Å². The average Bonchev–Trinajstić information content (AvgIpc) is 2.57. The van der Waals surface area contributed by atoms with Crippen LogP contribution in [0.25, 0.3) is 0 Å². The van der Waals surface area contributed by atoms with Crippen molar-refractivity contribution in [3.8, 4) is 0 Å². The highest BCUT2D eigenvalue weighted by Crippen LogP contribution is 2.08. The monoisotopic (exact) mass is 333 g/mol. The lowest BCUT2D eigenvalue weighted by Gasteiger charge is -2.28. The van der Waals surface area contributed by atoms with Crippen molar-refractivity contribution in [2.45, 2.75) is 33.7 Å². The summed E-state index contributed by atoms with van der Waals surface area (Å²) >= 11 is 0. The molecule has 1 aromatic rings. The number of carbonyl (C=O) groups is 3. The smallest absolute Gasteiger partial charge is 0.251 e. The van der Waals surface area contributed by atoms with Crippen molar-refractivity contribution in [3.63, 3.8) is 0 Å². The van der Waals surface area contributed by atoms with Gasteiger partial charge in [-0.05, 0) is 31.9 Å². The Balaban J connectivity index is 2.83. The van der Waals surface area contributed by atoms with Crippen molar-refractivity contribution >= 4 is 17.7 Å². The van der Waals surface area contributed by atoms with Crippen LogP contribution in [-0.4, -0.2) is 48.3 Å². The molecule has 0 saturated carbocycles. The number of benzene rings is 1. The minimum absolute atomic E-state index is 0.00635. The van der Waals surface area contributed by atoms with E-state index in [0.717, 1.165) is 0 Å². The quantitative estimate of drug-likeness (QED) is 0.755. The van der Waals surface area contributed by atoms with Crippen LogP contribution in [0.5, 0.6) is 0 Å². The van der Waals surface area contributed by atoms with Crippen molar-refractivity contribution in [2.75, 3.05) is 19.6 Å². The van der Waals surface area contributed by atoms with Crippen molar-refractivity contribution in [2.24, 2.45) is 5.92 Å². The van der Waals surface area contributed by atoms with Gasteiger partial charge in [0, 0.05) is 18.7 Å². The topological polar surface area (TPSA) is 78.5 Å². The van der Waals surface area contributed by atoms with Crippen molar-refractivity contribution in [1.82, 2.24) is 15.5 Å². The summed E-state index contributed by atoms with van der Waals surface area (Å²) in [6.07, 6.45) is 0. The van der Waals surface area contributed by atoms with E-state index in [9.17, 15) is 14.4 Å². The normalized spacial score (nSPS) is 11.7. The lowest BCUT2D eigenvalue weighted by molar-refractivity contribution is -0.138. The fourth-order valence-corrected chi connectivity index (χ4v) is 2.30. The van der Waals surface area contributed by atoms with Gasteiger partial charge in [0.05, 0.1) is 6.54 Å². The van der Waals surface area contributed by atoms with Crippen molar-refractivity contribution < 1.29 is 14.4 Å². The largest absolute Gasteiger partial charge is 0.355 e. The van der Waals surface area contributed by atoms with E-state index in [1.165, 1.54) is 4.90 Å². The van der Waals surface area contributed by atoms with Gasteiger partial charge in [0.1, 0.15) is 6.04 Å². The fourth-order valence-electron chi connectivity index (χ4n) is 2.30. The van der Waals surface area contributed by atoms with E-state index in [2.05, 4.69) is 10.6 Å². The molecular weight excluding hydrogens is 306 g/mol. The molecule has 0 fully saturated rings. The molecule has 0 radical (unpaired) electrons. The molecule has 0 aromatic heterocycles. The molecule has 1 atom stereocenters. The summed E-state index contributed by atoms with van der Waals surface area (Å²) in [5, 5.41) is 5.47. The Labute approximate surface area is 143 Å². The van der Waals surface area contributed by atoms with Crippen LogP contribution in [-0.2, 0) is 9.59 Å². The third kappa shape index (κ3) is 5.68. The maximum absolute atomic E-state index is 12.8. The summed E-state index contributed by atoms with van der Waals surface area (Å²) in [6, 6.07) is 8.09. The molecule has 0 aliphatic heterocycles. The SMILES string of the molecule is CCNC(=O)CN(CC)C(=O)C(NC(=O)c1ccccc1)C(C)C. The third-order valence-corrected chi connectivity index (χ3v) is 3.66. The summed E-state index contributed by atoms with van der Waals surface area (Å²) in [6.45, 7) is 8.29. The average molecular weight is 333 g/mol. The van der Waals surface area contributed by atoms with Gasteiger partial charge in [0.2, 0.25) is 11.8 Å². The fraction of sp³-hybridized carbons (Fsp3) is 0.500. The predicted octanol–water partition coefficient (Wildman–Crippen LogP) is 1.43. The lowest BCUT2D eigenvalue weighted by atomic mass is 10.0. The van der Waals surface area contributed by atoms with Gasteiger partial charge < -0.3 is 15.5 Å². The Kier molecular flexibility index (Phi) is 7.95. The van der Waals surface area contributed by atoms with Gasteiger partial charge in [-0.25, -0.2) is 0 Å². The molecule has 0 aliphatic carbocycles. The number of nitrogens with zero attached hydrogens (tertiary/aromatic N) is 1. The molecule has 0 spiro atoms. The molecule has 0 heterocycles. The first-order valence-electron chi connectivity index (χ1n) is 8.32.